The Labute approximate surface area is 188 Å². The van der Waals surface area contributed by atoms with Gasteiger partial charge in [0.05, 0.1) is 10.8 Å². The van der Waals surface area contributed by atoms with Crippen LogP contribution in [0.5, 0.6) is 0 Å². The van der Waals surface area contributed by atoms with Gasteiger partial charge >= 0.3 is 0 Å². The van der Waals surface area contributed by atoms with Crippen LogP contribution in [0.15, 0.2) is 28.9 Å². The minimum Gasteiger partial charge on any atom is -0.369 e. The number of thiophene rings is 1. The molecular weight excluding hydrogens is 460 g/mol. The summed E-state index contributed by atoms with van der Waals surface area (Å²) in [6, 6.07) is 5.50. The zero-order valence-electron chi connectivity index (χ0n) is 16.9. The van der Waals surface area contributed by atoms with Gasteiger partial charge in [-0.15, -0.1) is 11.3 Å². The van der Waals surface area contributed by atoms with E-state index in [-0.39, 0.29) is 11.7 Å². The van der Waals surface area contributed by atoms with Crippen molar-refractivity contribution in [2.24, 2.45) is 5.73 Å². The lowest BCUT2D eigenvalue weighted by atomic mass is 10.1. The van der Waals surface area contributed by atoms with Crippen molar-refractivity contribution in [1.29, 1.82) is 5.41 Å². The maximum atomic E-state index is 12.4. The minimum atomic E-state index is -3.73. The highest BCUT2D eigenvalue weighted by molar-refractivity contribution is 7.89. The maximum absolute atomic E-state index is 12.4. The molecule has 0 spiro atoms. The van der Waals surface area contributed by atoms with Gasteiger partial charge < -0.3 is 10.3 Å². The number of guanidine groups is 1. The molecular formula is C19H21ClN6O3S2. The van der Waals surface area contributed by atoms with Crippen LogP contribution in [0.3, 0.4) is 0 Å². The third-order valence-corrected chi connectivity index (χ3v) is 8.82. The molecule has 0 amide bonds. The summed E-state index contributed by atoms with van der Waals surface area (Å²) in [4.78, 5) is 10.4. The molecule has 12 heteroatoms. The predicted molar refractivity (Wildman–Crippen MR) is 120 cm³/mol. The van der Waals surface area contributed by atoms with Crippen LogP contribution in [-0.4, -0.2) is 46.6 Å². The van der Waals surface area contributed by atoms with E-state index in [0.29, 0.717) is 28.3 Å². The molecule has 0 aliphatic heterocycles. The summed E-state index contributed by atoms with van der Waals surface area (Å²) in [7, 11) is -2.47. The number of pyridine rings is 1. The Bertz CT molecular complexity index is 1240. The summed E-state index contributed by atoms with van der Waals surface area (Å²) in [5.41, 5.74) is 6.75. The fraction of sp³-hybridized carbons (Fsp3) is 0.368. The van der Waals surface area contributed by atoms with Gasteiger partial charge in [-0.25, -0.2) is 12.7 Å². The molecule has 3 N–H and O–H groups in total. The molecule has 4 rings (SSSR count). The van der Waals surface area contributed by atoms with Crippen molar-refractivity contribution >= 4 is 38.9 Å². The fourth-order valence-corrected chi connectivity index (χ4v) is 6.06. The molecule has 1 atom stereocenters. The summed E-state index contributed by atoms with van der Waals surface area (Å²) in [5.74, 6) is 0.361. The van der Waals surface area contributed by atoms with Crippen LogP contribution in [0.25, 0.3) is 22.0 Å². The number of halogens is 1. The van der Waals surface area contributed by atoms with Crippen LogP contribution in [0.4, 0.5) is 0 Å². The normalized spacial score (nSPS) is 15.1. The summed E-state index contributed by atoms with van der Waals surface area (Å²) < 4.78 is 31.0. The molecule has 1 aliphatic carbocycles. The summed E-state index contributed by atoms with van der Waals surface area (Å²) in [5, 5.41) is 11.9. The number of nitrogens with one attached hydrogen (secondary N) is 1. The number of rotatable bonds is 7. The summed E-state index contributed by atoms with van der Waals surface area (Å²) in [6.07, 6.45) is 3.83. The maximum Gasteiger partial charge on any atom is 0.276 e. The van der Waals surface area contributed by atoms with Crippen molar-refractivity contribution in [3.8, 4) is 22.0 Å². The van der Waals surface area contributed by atoms with Crippen molar-refractivity contribution < 1.29 is 12.9 Å². The van der Waals surface area contributed by atoms with Crippen LogP contribution < -0.4 is 5.73 Å². The molecule has 1 fully saturated rings. The summed E-state index contributed by atoms with van der Waals surface area (Å²) in [6.45, 7) is 1.78. The molecule has 3 aromatic heterocycles. The van der Waals surface area contributed by atoms with Gasteiger partial charge in [-0.2, -0.15) is 4.98 Å². The van der Waals surface area contributed by atoms with Crippen LogP contribution in [-0.2, 0) is 10.0 Å². The lowest BCUT2D eigenvalue weighted by molar-refractivity contribution is 0.421. The molecule has 0 saturated heterocycles. The first-order chi connectivity index (χ1) is 14.7. The minimum absolute atomic E-state index is 0.212. The molecule has 9 nitrogen and oxygen atoms in total. The third kappa shape index (κ3) is 4.58. The molecule has 1 unspecified atom stereocenters. The average molecular weight is 481 g/mol. The molecule has 3 aromatic rings. The number of aromatic nitrogens is 3. The Kier molecular flexibility index (Phi) is 5.75. The Balaban J connectivity index is 1.58. The van der Waals surface area contributed by atoms with Crippen molar-refractivity contribution in [1.82, 2.24) is 19.4 Å². The van der Waals surface area contributed by atoms with Gasteiger partial charge in [0.15, 0.2) is 5.82 Å². The van der Waals surface area contributed by atoms with Crippen LogP contribution in [0.1, 0.15) is 42.3 Å². The molecule has 0 bridgehead atoms. The molecule has 3 heterocycles. The number of nitrogens with zero attached hydrogens (tertiary/aromatic N) is 4. The van der Waals surface area contributed by atoms with Gasteiger partial charge in [0.25, 0.3) is 5.89 Å². The topological polar surface area (TPSA) is 139 Å². The molecule has 1 saturated carbocycles. The number of hydrogen-bond donors (Lipinski definition) is 2. The molecule has 0 aromatic carbocycles. The van der Waals surface area contributed by atoms with Crippen molar-refractivity contribution in [3.05, 3.63) is 40.1 Å². The SMILES string of the molecule is CC(CS(=O)(=O)N(C)C(=N)N)c1sc(-c2ccnc(-c3nc(C4CC4)no3)c2)cc1Cl. The first kappa shape index (κ1) is 21.7. The van der Waals surface area contributed by atoms with E-state index in [1.165, 1.54) is 18.4 Å². The van der Waals surface area contributed by atoms with E-state index in [0.717, 1.165) is 32.5 Å². The van der Waals surface area contributed by atoms with Crippen LogP contribution >= 0.6 is 22.9 Å². The summed E-state index contributed by atoms with van der Waals surface area (Å²) >= 11 is 7.85. The Hall–Kier alpha value is -2.50. The quantitative estimate of drug-likeness (QED) is 0.388. The zero-order chi connectivity index (χ0) is 22.3. The van der Waals surface area contributed by atoms with Gasteiger partial charge in [0, 0.05) is 34.8 Å². The molecule has 0 radical (unpaired) electrons. The van der Waals surface area contributed by atoms with E-state index in [1.807, 2.05) is 18.2 Å². The van der Waals surface area contributed by atoms with Gasteiger partial charge in [0.2, 0.25) is 16.0 Å². The van der Waals surface area contributed by atoms with E-state index in [2.05, 4.69) is 15.1 Å². The molecule has 31 heavy (non-hydrogen) atoms. The second-order valence-corrected chi connectivity index (χ2v) is 11.1. The van der Waals surface area contributed by atoms with E-state index in [9.17, 15) is 8.42 Å². The highest BCUT2D eigenvalue weighted by Gasteiger charge is 2.29. The first-order valence-corrected chi connectivity index (χ1v) is 12.4. The largest absolute Gasteiger partial charge is 0.369 e. The Morgan fingerprint density at radius 1 is 1.45 bits per heavy atom. The number of hydrogen-bond acceptors (Lipinski definition) is 8. The fourth-order valence-electron chi connectivity index (χ4n) is 3.06. The van der Waals surface area contributed by atoms with Crippen molar-refractivity contribution in [2.75, 3.05) is 12.8 Å². The lowest BCUT2D eigenvalue weighted by Crippen LogP contribution is -2.40. The van der Waals surface area contributed by atoms with Gasteiger partial charge in [-0.3, -0.25) is 10.4 Å². The standard InChI is InChI=1S/C19H21ClN6O3S2/c1-10(9-31(27,28)26(2)19(21)22)16-13(20)8-15(30-16)12-5-6-23-14(7-12)18-24-17(25-29-18)11-3-4-11/h5-8,10-11H,3-4,9H2,1-2H3,(H3,21,22). The molecule has 164 valence electrons. The second-order valence-electron chi connectivity index (χ2n) is 7.52. The van der Waals surface area contributed by atoms with Gasteiger partial charge in [0.1, 0.15) is 5.69 Å². The monoisotopic (exact) mass is 480 g/mol. The lowest BCUT2D eigenvalue weighted by Gasteiger charge is -2.19. The smallest absolute Gasteiger partial charge is 0.276 e. The number of nitrogens with two attached hydrogens (primary N) is 1. The van der Waals surface area contributed by atoms with Crippen LogP contribution in [0.2, 0.25) is 5.02 Å². The van der Waals surface area contributed by atoms with Crippen LogP contribution in [0, 0.1) is 5.41 Å². The molecule has 1 aliphatic rings. The third-order valence-electron chi connectivity index (χ3n) is 5.03. The van der Waals surface area contributed by atoms with Crippen molar-refractivity contribution in [2.45, 2.75) is 31.6 Å². The highest BCUT2D eigenvalue weighted by atomic mass is 35.5. The first-order valence-electron chi connectivity index (χ1n) is 9.56. The van der Waals surface area contributed by atoms with E-state index in [4.69, 9.17) is 27.3 Å². The number of sulfonamides is 1. The van der Waals surface area contributed by atoms with Gasteiger partial charge in [-0.05, 0) is 36.6 Å². The predicted octanol–water partition coefficient (Wildman–Crippen LogP) is 3.65. The van der Waals surface area contributed by atoms with Gasteiger partial charge in [-0.1, -0.05) is 23.7 Å². The Morgan fingerprint density at radius 2 is 2.19 bits per heavy atom. The van der Waals surface area contributed by atoms with E-state index < -0.39 is 16.0 Å². The average Bonchev–Trinajstić information content (AvgIpc) is 3.31. The van der Waals surface area contributed by atoms with Crippen molar-refractivity contribution in [3.63, 3.8) is 0 Å². The Morgan fingerprint density at radius 3 is 2.87 bits per heavy atom. The zero-order valence-corrected chi connectivity index (χ0v) is 19.3. The van der Waals surface area contributed by atoms with E-state index >= 15 is 0 Å². The highest BCUT2D eigenvalue weighted by Crippen LogP contribution is 2.41. The van der Waals surface area contributed by atoms with E-state index in [1.54, 1.807) is 13.1 Å². The second kappa shape index (κ2) is 8.21.